The van der Waals surface area contributed by atoms with Crippen LogP contribution in [-0.2, 0) is 6.54 Å². The van der Waals surface area contributed by atoms with Crippen LogP contribution in [0.5, 0.6) is 0 Å². The summed E-state index contributed by atoms with van der Waals surface area (Å²) in [5, 5.41) is 0. The van der Waals surface area contributed by atoms with Crippen molar-refractivity contribution in [2.45, 2.75) is 32.7 Å². The number of hydrogen-bond donors (Lipinski definition) is 2. The molecule has 0 heterocycles. The van der Waals surface area contributed by atoms with E-state index >= 15 is 0 Å². The molecule has 0 aliphatic carbocycles. The molecule has 0 fully saturated rings. The summed E-state index contributed by atoms with van der Waals surface area (Å²) in [4.78, 5) is 1.77. The van der Waals surface area contributed by atoms with Crippen molar-refractivity contribution < 1.29 is 17.6 Å². The van der Waals surface area contributed by atoms with Gasteiger partial charge < -0.3 is 10.3 Å². The first-order valence-electron chi connectivity index (χ1n) is 9.40. The van der Waals surface area contributed by atoms with Crippen molar-refractivity contribution in [2.75, 3.05) is 4.90 Å². The third kappa shape index (κ3) is 6.14. The summed E-state index contributed by atoms with van der Waals surface area (Å²) in [5.74, 6) is -0.897. The second-order valence-corrected chi connectivity index (χ2v) is 6.74. The van der Waals surface area contributed by atoms with Crippen LogP contribution in [0.15, 0.2) is 73.6 Å². The first-order valence-corrected chi connectivity index (χ1v) is 9.40. The number of alkyl halides is 2. The molecule has 7 heteroatoms. The summed E-state index contributed by atoms with van der Waals surface area (Å²) in [5.41, 5.74) is 6.48. The lowest BCUT2D eigenvalue weighted by molar-refractivity contribution is 0.179. The lowest BCUT2D eigenvalue weighted by Crippen LogP contribution is -2.31. The van der Waals surface area contributed by atoms with Gasteiger partial charge in [0.25, 0.3) is 6.43 Å². The van der Waals surface area contributed by atoms with Gasteiger partial charge in [-0.3, -0.25) is 5.43 Å². The van der Waals surface area contributed by atoms with E-state index in [1.165, 1.54) is 18.2 Å². The minimum atomic E-state index is -2.74. The van der Waals surface area contributed by atoms with Crippen molar-refractivity contribution in [3.05, 3.63) is 96.4 Å². The fraction of sp³-hybridized carbons (Fsp3) is 0.217. The lowest BCUT2D eigenvalue weighted by atomic mass is 10.1. The van der Waals surface area contributed by atoms with Crippen molar-refractivity contribution in [1.29, 1.82) is 0 Å². The van der Waals surface area contributed by atoms with Gasteiger partial charge in [-0.2, -0.15) is 0 Å². The van der Waals surface area contributed by atoms with Crippen LogP contribution in [0.4, 0.5) is 23.2 Å². The molecule has 30 heavy (non-hydrogen) atoms. The quantitative estimate of drug-likeness (QED) is 0.339. The van der Waals surface area contributed by atoms with Crippen LogP contribution >= 0.6 is 0 Å². The number of hydrazine groups is 1. The number of anilines is 1. The van der Waals surface area contributed by atoms with Gasteiger partial charge in [-0.05, 0) is 30.7 Å². The maximum absolute atomic E-state index is 14.8. The molecule has 0 unspecified atom stereocenters. The molecule has 0 bridgehead atoms. The highest BCUT2D eigenvalue weighted by Gasteiger charge is 2.15. The third-order valence-corrected chi connectivity index (χ3v) is 4.41. The number of benzene rings is 2. The Morgan fingerprint density at radius 1 is 1.03 bits per heavy atom. The number of halogens is 4. The summed E-state index contributed by atoms with van der Waals surface area (Å²) in [6.07, 6.45) is -1.22. The average molecular weight is 419 g/mol. The molecule has 0 saturated heterocycles. The van der Waals surface area contributed by atoms with E-state index < -0.39 is 23.8 Å². The minimum absolute atomic E-state index is 0.161. The average Bonchev–Trinajstić information content (AvgIpc) is 2.70. The van der Waals surface area contributed by atoms with Crippen LogP contribution in [0.3, 0.4) is 0 Å². The van der Waals surface area contributed by atoms with E-state index in [9.17, 15) is 17.6 Å². The Morgan fingerprint density at radius 3 is 2.37 bits per heavy atom. The first kappa shape index (κ1) is 23.1. The molecule has 160 valence electrons. The summed E-state index contributed by atoms with van der Waals surface area (Å²) in [6, 6.07) is 10.5. The van der Waals surface area contributed by atoms with Crippen molar-refractivity contribution in [3.63, 3.8) is 0 Å². The summed E-state index contributed by atoms with van der Waals surface area (Å²) < 4.78 is 53.5. The first-order chi connectivity index (χ1) is 14.2. The Balaban J connectivity index is 2.20. The largest absolute Gasteiger partial charge is 0.341 e. The smallest absolute Gasteiger partial charge is 0.279 e. The highest BCUT2D eigenvalue weighted by molar-refractivity contribution is 5.62. The van der Waals surface area contributed by atoms with Crippen molar-refractivity contribution in [2.24, 2.45) is 0 Å². The highest BCUT2D eigenvalue weighted by atomic mass is 19.3. The normalized spacial score (nSPS) is 10.6. The Bertz CT molecular complexity index is 924. The molecular formula is C23H25F4N3. The van der Waals surface area contributed by atoms with E-state index in [1.807, 2.05) is 6.92 Å². The molecule has 0 saturated carbocycles. The fourth-order valence-corrected chi connectivity index (χ4v) is 2.77. The fourth-order valence-electron chi connectivity index (χ4n) is 2.77. The standard InChI is InChI=1S/C23H25F4N3/c1-5-7-15(2)30(21-9-6-8-20(24)13-21)14-19-11-10-18(12-22(19)25)16(3)28-29-17(4)23(26)27/h6,8-13,23,28-29H,2-5,7,14H2,1H3. The molecule has 2 rings (SSSR count). The maximum atomic E-state index is 14.8. The van der Waals surface area contributed by atoms with Crippen LogP contribution < -0.4 is 15.8 Å². The van der Waals surface area contributed by atoms with Gasteiger partial charge in [0.1, 0.15) is 11.6 Å². The molecule has 0 spiro atoms. The number of rotatable bonds is 11. The molecule has 2 N–H and O–H groups in total. The Hall–Kier alpha value is -3.22. The number of hydrogen-bond acceptors (Lipinski definition) is 3. The Labute approximate surface area is 174 Å². The molecule has 0 aromatic heterocycles. The predicted molar refractivity (Wildman–Crippen MR) is 113 cm³/mol. The molecule has 0 radical (unpaired) electrons. The number of nitrogens with one attached hydrogen (secondary N) is 2. The third-order valence-electron chi connectivity index (χ3n) is 4.41. The molecule has 0 aliphatic rings. The molecule has 0 amide bonds. The molecule has 0 atom stereocenters. The van der Waals surface area contributed by atoms with Gasteiger partial charge in [0, 0.05) is 22.5 Å². The highest BCUT2D eigenvalue weighted by Crippen LogP contribution is 2.26. The van der Waals surface area contributed by atoms with E-state index in [-0.39, 0.29) is 12.2 Å². The minimum Gasteiger partial charge on any atom is -0.341 e. The number of allylic oxidation sites excluding steroid dienone is 2. The zero-order valence-electron chi connectivity index (χ0n) is 16.8. The van der Waals surface area contributed by atoms with Gasteiger partial charge in [-0.1, -0.05) is 51.3 Å². The molecule has 2 aromatic carbocycles. The Morgan fingerprint density at radius 2 is 1.77 bits per heavy atom. The van der Waals surface area contributed by atoms with Crippen LogP contribution in [0.25, 0.3) is 5.70 Å². The predicted octanol–water partition coefficient (Wildman–Crippen LogP) is 6.13. The second-order valence-electron chi connectivity index (χ2n) is 6.74. The molecule has 2 aromatic rings. The van der Waals surface area contributed by atoms with Crippen LogP contribution in [0.1, 0.15) is 30.9 Å². The van der Waals surface area contributed by atoms with E-state index in [4.69, 9.17) is 0 Å². The van der Waals surface area contributed by atoms with Crippen LogP contribution in [0, 0.1) is 11.6 Å². The summed E-state index contributed by atoms with van der Waals surface area (Å²) in [7, 11) is 0. The number of nitrogens with zero attached hydrogens (tertiary/aromatic N) is 1. The summed E-state index contributed by atoms with van der Waals surface area (Å²) in [6.45, 7) is 13.1. The second kappa shape index (κ2) is 10.5. The van der Waals surface area contributed by atoms with Crippen molar-refractivity contribution in [3.8, 4) is 0 Å². The van der Waals surface area contributed by atoms with Gasteiger partial charge in [0.05, 0.1) is 17.9 Å². The van der Waals surface area contributed by atoms with Gasteiger partial charge >= 0.3 is 0 Å². The van der Waals surface area contributed by atoms with Gasteiger partial charge in [0.15, 0.2) is 0 Å². The van der Waals surface area contributed by atoms with E-state index in [2.05, 4.69) is 30.6 Å². The van der Waals surface area contributed by atoms with Crippen LogP contribution in [0.2, 0.25) is 0 Å². The lowest BCUT2D eigenvalue weighted by Gasteiger charge is -2.27. The molecule has 3 nitrogen and oxygen atoms in total. The van der Waals surface area contributed by atoms with E-state index in [0.717, 1.165) is 12.1 Å². The Kier molecular flexibility index (Phi) is 8.09. The van der Waals surface area contributed by atoms with Gasteiger partial charge in [0.2, 0.25) is 0 Å². The zero-order chi connectivity index (χ0) is 22.3. The van der Waals surface area contributed by atoms with Crippen LogP contribution in [-0.4, -0.2) is 6.43 Å². The SMILES string of the molecule is C=C(NNC(=C)C(F)F)c1ccc(CN(C(=C)CCC)c2cccc(F)c2)c(F)c1. The van der Waals surface area contributed by atoms with Gasteiger partial charge in [-0.25, -0.2) is 17.6 Å². The van der Waals surface area contributed by atoms with E-state index in [1.54, 1.807) is 29.2 Å². The topological polar surface area (TPSA) is 27.3 Å². The van der Waals surface area contributed by atoms with Gasteiger partial charge in [-0.15, -0.1) is 0 Å². The molecule has 0 aliphatic heterocycles. The summed E-state index contributed by atoms with van der Waals surface area (Å²) >= 11 is 0. The molecular weight excluding hydrogens is 394 g/mol. The monoisotopic (exact) mass is 419 g/mol. The van der Waals surface area contributed by atoms with Crippen molar-refractivity contribution >= 4 is 11.4 Å². The maximum Gasteiger partial charge on any atom is 0.279 e. The van der Waals surface area contributed by atoms with Crippen molar-refractivity contribution in [1.82, 2.24) is 10.9 Å². The zero-order valence-corrected chi connectivity index (χ0v) is 16.8. The van der Waals surface area contributed by atoms with E-state index in [0.29, 0.717) is 23.2 Å².